The molecule has 2 amide bonds. The van der Waals surface area contributed by atoms with Crippen molar-refractivity contribution in [2.24, 2.45) is 0 Å². The molecule has 2 atom stereocenters. The predicted molar refractivity (Wildman–Crippen MR) is 87.8 cm³/mol. The Bertz CT molecular complexity index is 799. The van der Waals surface area contributed by atoms with Crippen LogP contribution in [0.4, 0.5) is 0 Å². The molecule has 1 aliphatic rings. The number of nitrogens with zero attached hydrogens (tertiary/aromatic N) is 1. The van der Waals surface area contributed by atoms with Crippen molar-refractivity contribution in [2.45, 2.75) is 25.4 Å². The van der Waals surface area contributed by atoms with Crippen LogP contribution in [0.25, 0.3) is 0 Å². The zero-order valence-corrected chi connectivity index (χ0v) is 13.6. The Labute approximate surface area is 144 Å². The maximum Gasteiger partial charge on any atom is 0.331 e. The van der Waals surface area contributed by atoms with Crippen LogP contribution < -0.4 is 5.32 Å². The van der Waals surface area contributed by atoms with Crippen LogP contribution in [0, 0.1) is 6.92 Å². The first-order chi connectivity index (χ1) is 12.0. The highest BCUT2D eigenvalue weighted by atomic mass is 16.4. The largest absolute Gasteiger partial charge is 0.479 e. The Balaban J connectivity index is 1.75. The van der Waals surface area contributed by atoms with Gasteiger partial charge in [0.05, 0.1) is 6.26 Å². The molecule has 2 N–H and O–H groups in total. The smallest absolute Gasteiger partial charge is 0.331 e. The van der Waals surface area contributed by atoms with Crippen LogP contribution in [0.2, 0.25) is 0 Å². The van der Waals surface area contributed by atoms with Gasteiger partial charge in [-0.1, -0.05) is 30.3 Å². The fraction of sp³-hybridized carbons (Fsp3) is 0.278. The van der Waals surface area contributed by atoms with Crippen LogP contribution in [0.15, 0.2) is 47.1 Å². The van der Waals surface area contributed by atoms with Crippen molar-refractivity contribution in [1.29, 1.82) is 0 Å². The van der Waals surface area contributed by atoms with E-state index in [-0.39, 0.29) is 12.3 Å². The van der Waals surface area contributed by atoms with E-state index in [0.29, 0.717) is 17.5 Å². The van der Waals surface area contributed by atoms with Crippen molar-refractivity contribution >= 4 is 17.8 Å². The van der Waals surface area contributed by atoms with E-state index >= 15 is 0 Å². The molecule has 2 heterocycles. The lowest BCUT2D eigenvalue weighted by atomic mass is 10.1. The lowest BCUT2D eigenvalue weighted by Crippen LogP contribution is -2.43. The maximum atomic E-state index is 12.6. The molecule has 25 heavy (non-hydrogen) atoms. The van der Waals surface area contributed by atoms with Crippen LogP contribution in [0.5, 0.6) is 0 Å². The fourth-order valence-corrected chi connectivity index (χ4v) is 3.01. The van der Waals surface area contributed by atoms with Crippen LogP contribution in [0.1, 0.15) is 34.1 Å². The molecular weight excluding hydrogens is 324 g/mol. The molecule has 3 rings (SSSR count). The molecule has 0 saturated carbocycles. The maximum absolute atomic E-state index is 12.6. The van der Waals surface area contributed by atoms with Gasteiger partial charge >= 0.3 is 5.97 Å². The third-order valence-electron chi connectivity index (χ3n) is 4.27. The van der Waals surface area contributed by atoms with Crippen LogP contribution >= 0.6 is 0 Å². The SMILES string of the molecule is Cc1ccoc1C(=O)NC1CCN(C(C(=O)O)c2ccccc2)C1=O. The Morgan fingerprint density at radius 3 is 2.60 bits per heavy atom. The van der Waals surface area contributed by atoms with Crippen LogP contribution in [-0.2, 0) is 9.59 Å². The van der Waals surface area contributed by atoms with Crippen LogP contribution in [-0.4, -0.2) is 40.4 Å². The van der Waals surface area contributed by atoms with Crippen molar-refractivity contribution in [3.63, 3.8) is 0 Å². The van der Waals surface area contributed by atoms with E-state index in [0.717, 1.165) is 0 Å². The normalized spacial score (nSPS) is 18.2. The van der Waals surface area contributed by atoms with Gasteiger partial charge in [0, 0.05) is 12.1 Å². The first-order valence-corrected chi connectivity index (χ1v) is 7.92. The van der Waals surface area contributed by atoms with E-state index in [1.165, 1.54) is 11.2 Å². The summed E-state index contributed by atoms with van der Waals surface area (Å²) in [6.45, 7) is 1.99. The molecule has 1 saturated heterocycles. The van der Waals surface area contributed by atoms with Crippen molar-refractivity contribution in [2.75, 3.05) is 6.54 Å². The molecule has 1 fully saturated rings. The summed E-state index contributed by atoms with van der Waals surface area (Å²) in [5, 5.41) is 12.2. The van der Waals surface area contributed by atoms with E-state index in [4.69, 9.17) is 4.42 Å². The highest BCUT2D eigenvalue weighted by Crippen LogP contribution is 2.26. The summed E-state index contributed by atoms with van der Waals surface area (Å²) in [6.07, 6.45) is 1.75. The predicted octanol–water partition coefficient (Wildman–Crippen LogP) is 1.74. The molecule has 0 spiro atoms. The summed E-state index contributed by atoms with van der Waals surface area (Å²) in [6, 6.07) is 8.41. The van der Waals surface area contributed by atoms with Gasteiger partial charge in [-0.3, -0.25) is 9.59 Å². The average Bonchev–Trinajstić information content (AvgIpc) is 3.16. The number of rotatable bonds is 5. The van der Waals surface area contributed by atoms with Gasteiger partial charge in [0.2, 0.25) is 5.91 Å². The summed E-state index contributed by atoms with van der Waals surface area (Å²) < 4.78 is 5.12. The highest BCUT2D eigenvalue weighted by molar-refractivity contribution is 5.98. The minimum atomic E-state index is -1.10. The van der Waals surface area contributed by atoms with Gasteiger partial charge in [-0.15, -0.1) is 0 Å². The summed E-state index contributed by atoms with van der Waals surface area (Å²) in [7, 11) is 0. The molecule has 1 aromatic heterocycles. The first-order valence-electron chi connectivity index (χ1n) is 7.92. The molecular formula is C18H18N2O5. The topological polar surface area (TPSA) is 99.8 Å². The minimum Gasteiger partial charge on any atom is -0.479 e. The Kier molecular flexibility index (Phi) is 4.56. The Hall–Kier alpha value is -3.09. The number of nitrogens with one attached hydrogen (secondary N) is 1. The summed E-state index contributed by atoms with van der Waals surface area (Å²) >= 11 is 0. The third-order valence-corrected chi connectivity index (χ3v) is 4.27. The van der Waals surface area contributed by atoms with E-state index in [2.05, 4.69) is 5.32 Å². The number of carboxylic acid groups (broad SMARTS) is 1. The Morgan fingerprint density at radius 2 is 2.00 bits per heavy atom. The van der Waals surface area contributed by atoms with E-state index < -0.39 is 29.9 Å². The second kappa shape index (κ2) is 6.80. The number of carbonyl (C=O) groups excluding carboxylic acids is 2. The number of hydrogen-bond acceptors (Lipinski definition) is 4. The van der Waals surface area contributed by atoms with E-state index in [1.807, 2.05) is 0 Å². The standard InChI is InChI=1S/C18H18N2O5/c1-11-8-10-25-15(11)16(21)19-13-7-9-20(17(13)22)14(18(23)24)12-5-3-2-4-6-12/h2-6,8,10,13-14H,7,9H2,1H3,(H,19,21)(H,23,24). The van der Waals surface area contributed by atoms with Gasteiger partial charge < -0.3 is 19.7 Å². The number of amides is 2. The molecule has 2 unspecified atom stereocenters. The number of aryl methyl sites for hydroxylation is 1. The van der Waals surface area contributed by atoms with E-state index in [1.54, 1.807) is 43.3 Å². The number of hydrogen-bond donors (Lipinski definition) is 2. The van der Waals surface area contributed by atoms with Gasteiger partial charge in [-0.05, 0) is 25.0 Å². The van der Waals surface area contributed by atoms with Gasteiger partial charge in [-0.2, -0.15) is 0 Å². The minimum absolute atomic E-state index is 0.157. The highest BCUT2D eigenvalue weighted by Gasteiger charge is 2.40. The van der Waals surface area contributed by atoms with Crippen molar-refractivity contribution < 1.29 is 23.9 Å². The summed E-state index contributed by atoms with van der Waals surface area (Å²) in [4.78, 5) is 37.8. The van der Waals surface area contributed by atoms with E-state index in [9.17, 15) is 19.5 Å². The van der Waals surface area contributed by atoms with Gasteiger partial charge in [0.15, 0.2) is 11.8 Å². The van der Waals surface area contributed by atoms with Crippen LogP contribution in [0.3, 0.4) is 0 Å². The number of furan rings is 1. The lowest BCUT2D eigenvalue weighted by molar-refractivity contribution is -0.149. The second-order valence-corrected chi connectivity index (χ2v) is 5.93. The van der Waals surface area contributed by atoms with Gasteiger partial charge in [0.25, 0.3) is 5.91 Å². The molecule has 130 valence electrons. The zero-order valence-electron chi connectivity index (χ0n) is 13.6. The van der Waals surface area contributed by atoms with Crippen molar-refractivity contribution in [3.8, 4) is 0 Å². The monoisotopic (exact) mass is 342 g/mol. The molecule has 0 radical (unpaired) electrons. The number of benzene rings is 1. The molecule has 0 bridgehead atoms. The summed E-state index contributed by atoms with van der Waals surface area (Å²) in [5.74, 6) is -1.83. The average molecular weight is 342 g/mol. The number of carboxylic acids is 1. The summed E-state index contributed by atoms with van der Waals surface area (Å²) in [5.41, 5.74) is 1.20. The van der Waals surface area contributed by atoms with Crippen molar-refractivity contribution in [1.82, 2.24) is 10.2 Å². The number of likely N-dealkylation sites (tertiary alicyclic amines) is 1. The fourth-order valence-electron chi connectivity index (χ4n) is 3.01. The zero-order chi connectivity index (χ0) is 18.0. The third kappa shape index (κ3) is 3.26. The molecule has 1 aromatic carbocycles. The molecule has 0 aliphatic carbocycles. The molecule has 1 aliphatic heterocycles. The lowest BCUT2D eigenvalue weighted by Gasteiger charge is -2.25. The van der Waals surface area contributed by atoms with Gasteiger partial charge in [-0.25, -0.2) is 4.79 Å². The first kappa shape index (κ1) is 16.8. The molecule has 7 nitrogen and oxygen atoms in total. The Morgan fingerprint density at radius 1 is 1.28 bits per heavy atom. The molecule has 2 aromatic rings. The van der Waals surface area contributed by atoms with Gasteiger partial charge in [0.1, 0.15) is 6.04 Å². The second-order valence-electron chi connectivity index (χ2n) is 5.93. The number of carbonyl (C=O) groups is 3. The quantitative estimate of drug-likeness (QED) is 0.862. The number of aliphatic carboxylic acids is 1. The molecule has 7 heteroatoms. The van der Waals surface area contributed by atoms with Crippen molar-refractivity contribution in [3.05, 3.63) is 59.5 Å².